The van der Waals surface area contributed by atoms with Crippen molar-refractivity contribution >= 4 is 15.9 Å². The number of nitrogens with one attached hydrogen (secondary N) is 1. The molecule has 1 aliphatic heterocycles. The van der Waals surface area contributed by atoms with Crippen LogP contribution in [0.1, 0.15) is 31.2 Å². The zero-order valence-electron chi connectivity index (χ0n) is 13.3. The fourth-order valence-electron chi connectivity index (χ4n) is 3.31. The highest BCUT2D eigenvalue weighted by atomic mass is 32.2. The molecule has 1 saturated carbocycles. The van der Waals surface area contributed by atoms with Crippen LogP contribution < -0.4 is 4.72 Å². The van der Waals surface area contributed by atoms with Gasteiger partial charge in [-0.15, -0.1) is 0 Å². The Labute approximate surface area is 140 Å². The van der Waals surface area contributed by atoms with Crippen LogP contribution in [-0.2, 0) is 14.8 Å². The van der Waals surface area contributed by atoms with Crippen LogP contribution in [0.25, 0.3) is 0 Å². The lowest BCUT2D eigenvalue weighted by Crippen LogP contribution is -2.38. The average Bonchev–Trinajstić information content (AvgIpc) is 3.16. The fraction of sp³-hybridized carbons (Fsp3) is 0.562. The quantitative estimate of drug-likeness (QED) is 0.870. The minimum atomic E-state index is -3.39. The lowest BCUT2D eigenvalue weighted by Gasteiger charge is -2.17. The Kier molecular flexibility index (Phi) is 4.61. The van der Waals surface area contributed by atoms with Crippen LogP contribution in [0.15, 0.2) is 18.2 Å². The Bertz CT molecular complexity index is 754. The molecule has 0 spiro atoms. The van der Waals surface area contributed by atoms with Crippen LogP contribution in [0.4, 0.5) is 8.78 Å². The molecule has 132 valence electrons. The largest absolute Gasteiger partial charge is 0.341 e. The van der Waals surface area contributed by atoms with E-state index in [1.165, 1.54) is 6.07 Å². The number of hydrogen-bond acceptors (Lipinski definition) is 3. The van der Waals surface area contributed by atoms with E-state index < -0.39 is 26.9 Å². The first-order chi connectivity index (χ1) is 11.3. The van der Waals surface area contributed by atoms with Gasteiger partial charge in [0.15, 0.2) is 11.6 Å². The topological polar surface area (TPSA) is 66.5 Å². The molecule has 1 aromatic carbocycles. The van der Waals surface area contributed by atoms with Crippen LogP contribution in [0, 0.1) is 17.6 Å². The predicted octanol–water partition coefficient (Wildman–Crippen LogP) is 1.61. The molecular formula is C16H20F2N2O3S. The van der Waals surface area contributed by atoms with Crippen molar-refractivity contribution in [1.29, 1.82) is 0 Å². The number of nitrogens with zero attached hydrogens (tertiary/aromatic N) is 1. The van der Waals surface area contributed by atoms with Crippen molar-refractivity contribution in [3.63, 3.8) is 0 Å². The second kappa shape index (κ2) is 6.40. The van der Waals surface area contributed by atoms with E-state index in [2.05, 4.69) is 4.72 Å². The van der Waals surface area contributed by atoms with E-state index in [1.54, 1.807) is 11.8 Å². The fourth-order valence-corrected chi connectivity index (χ4v) is 4.74. The van der Waals surface area contributed by atoms with Crippen LogP contribution in [0.3, 0.4) is 0 Å². The molecular weight excluding hydrogens is 338 g/mol. The molecule has 3 unspecified atom stereocenters. The van der Waals surface area contributed by atoms with Crippen molar-refractivity contribution < 1.29 is 22.0 Å². The summed E-state index contributed by atoms with van der Waals surface area (Å²) in [6.07, 6.45) is 1.01. The second-order valence-electron chi connectivity index (χ2n) is 6.36. The van der Waals surface area contributed by atoms with Crippen molar-refractivity contribution in [3.8, 4) is 0 Å². The summed E-state index contributed by atoms with van der Waals surface area (Å²) < 4.78 is 52.8. The molecule has 0 radical (unpaired) electrons. The second-order valence-corrected chi connectivity index (χ2v) is 8.41. The summed E-state index contributed by atoms with van der Waals surface area (Å²) in [6.45, 7) is 2.64. The highest BCUT2D eigenvalue weighted by molar-refractivity contribution is 7.90. The molecule has 0 aromatic heterocycles. The lowest BCUT2D eigenvalue weighted by atomic mass is 10.1. The first kappa shape index (κ1) is 17.3. The minimum Gasteiger partial charge on any atom is -0.341 e. The Morgan fingerprint density at radius 3 is 2.75 bits per heavy atom. The molecule has 1 aromatic rings. The summed E-state index contributed by atoms with van der Waals surface area (Å²) >= 11 is 0. The number of amides is 1. The van der Waals surface area contributed by atoms with Gasteiger partial charge in [0.1, 0.15) is 0 Å². The van der Waals surface area contributed by atoms with Gasteiger partial charge < -0.3 is 4.90 Å². The number of halogens is 2. The van der Waals surface area contributed by atoms with E-state index in [1.807, 2.05) is 0 Å². The summed E-state index contributed by atoms with van der Waals surface area (Å²) in [4.78, 5) is 14.1. The van der Waals surface area contributed by atoms with Crippen LogP contribution in [0.5, 0.6) is 0 Å². The van der Waals surface area contributed by atoms with Gasteiger partial charge in [-0.3, -0.25) is 4.79 Å². The number of sulfonamides is 1. The summed E-state index contributed by atoms with van der Waals surface area (Å²) in [5.41, 5.74) is 0.614. The Morgan fingerprint density at radius 2 is 2.08 bits per heavy atom. The maximum Gasteiger partial charge on any atom is 0.226 e. The average molecular weight is 358 g/mol. The summed E-state index contributed by atoms with van der Waals surface area (Å²) in [5.74, 6) is -2.30. The number of carbonyl (C=O) groups excluding carboxylic acids is 1. The third-order valence-corrected chi connectivity index (χ3v) is 6.67. The van der Waals surface area contributed by atoms with Crippen molar-refractivity contribution in [2.45, 2.75) is 30.9 Å². The molecule has 1 aliphatic carbocycles. The number of likely N-dealkylation sites (tertiary alicyclic amines) is 1. The minimum absolute atomic E-state index is 0.0982. The van der Waals surface area contributed by atoms with Crippen molar-refractivity contribution in [2.75, 3.05) is 19.6 Å². The van der Waals surface area contributed by atoms with E-state index in [-0.39, 0.29) is 24.3 Å². The van der Waals surface area contributed by atoms with Crippen LogP contribution in [-0.4, -0.2) is 44.1 Å². The Balaban J connectivity index is 1.62. The maximum atomic E-state index is 13.3. The van der Waals surface area contributed by atoms with Gasteiger partial charge in [-0.2, -0.15) is 0 Å². The monoisotopic (exact) mass is 358 g/mol. The molecule has 1 amide bonds. The number of carbonyl (C=O) groups is 1. The van der Waals surface area contributed by atoms with E-state index in [9.17, 15) is 22.0 Å². The first-order valence-corrected chi connectivity index (χ1v) is 9.60. The molecule has 5 nitrogen and oxygen atoms in total. The number of benzene rings is 1. The normalized spacial score (nSPS) is 26.6. The zero-order valence-corrected chi connectivity index (χ0v) is 14.2. The molecule has 0 bridgehead atoms. The van der Waals surface area contributed by atoms with Crippen molar-refractivity contribution in [3.05, 3.63) is 35.4 Å². The smallest absolute Gasteiger partial charge is 0.226 e. The zero-order chi connectivity index (χ0) is 17.5. The SMILES string of the molecule is CCNS(=O)(=O)C1CCN(C(=O)C2CC2c2ccc(F)c(F)c2)C1. The van der Waals surface area contributed by atoms with E-state index >= 15 is 0 Å². The molecule has 3 rings (SSSR count). The Morgan fingerprint density at radius 1 is 1.33 bits per heavy atom. The molecule has 2 aliphatic rings. The summed E-state index contributed by atoms with van der Waals surface area (Å²) in [7, 11) is -3.39. The third-order valence-electron chi connectivity index (χ3n) is 4.72. The van der Waals surface area contributed by atoms with Gasteiger partial charge in [0.05, 0.1) is 5.25 Å². The van der Waals surface area contributed by atoms with E-state index in [0.29, 0.717) is 31.5 Å². The molecule has 8 heteroatoms. The number of rotatable bonds is 5. The highest BCUT2D eigenvalue weighted by Crippen LogP contribution is 2.49. The van der Waals surface area contributed by atoms with E-state index in [4.69, 9.17) is 0 Å². The molecule has 24 heavy (non-hydrogen) atoms. The van der Waals surface area contributed by atoms with Crippen LogP contribution >= 0.6 is 0 Å². The lowest BCUT2D eigenvalue weighted by molar-refractivity contribution is -0.131. The molecule has 1 N–H and O–H groups in total. The van der Waals surface area contributed by atoms with Gasteiger partial charge in [-0.05, 0) is 36.5 Å². The van der Waals surface area contributed by atoms with Crippen LogP contribution in [0.2, 0.25) is 0 Å². The standard InChI is InChI=1S/C16H20F2N2O3S/c1-2-19-24(22,23)11-5-6-20(9-11)16(21)13-8-12(13)10-3-4-14(17)15(18)7-10/h3-4,7,11-13,19H,2,5-6,8-9H2,1H3. The highest BCUT2D eigenvalue weighted by Gasteiger charge is 2.48. The Hall–Kier alpha value is -1.54. The summed E-state index contributed by atoms with van der Waals surface area (Å²) in [6, 6.07) is 3.70. The van der Waals surface area contributed by atoms with Gasteiger partial charge in [-0.25, -0.2) is 21.9 Å². The van der Waals surface area contributed by atoms with Gasteiger partial charge in [0, 0.05) is 25.6 Å². The summed E-state index contributed by atoms with van der Waals surface area (Å²) in [5, 5.41) is -0.582. The van der Waals surface area contributed by atoms with Crippen molar-refractivity contribution in [1.82, 2.24) is 9.62 Å². The van der Waals surface area contributed by atoms with E-state index in [0.717, 1.165) is 12.1 Å². The molecule has 2 fully saturated rings. The predicted molar refractivity (Wildman–Crippen MR) is 84.8 cm³/mol. The first-order valence-electron chi connectivity index (χ1n) is 8.05. The van der Waals surface area contributed by atoms with Gasteiger partial charge in [0.2, 0.25) is 15.9 Å². The molecule has 3 atom stereocenters. The van der Waals surface area contributed by atoms with Gasteiger partial charge in [-0.1, -0.05) is 13.0 Å². The van der Waals surface area contributed by atoms with Crippen molar-refractivity contribution in [2.24, 2.45) is 5.92 Å². The number of hydrogen-bond donors (Lipinski definition) is 1. The maximum absolute atomic E-state index is 13.3. The molecule has 1 saturated heterocycles. The van der Waals surface area contributed by atoms with Gasteiger partial charge >= 0.3 is 0 Å². The molecule has 1 heterocycles. The third kappa shape index (κ3) is 3.30. The van der Waals surface area contributed by atoms with Gasteiger partial charge in [0.25, 0.3) is 0 Å².